The summed E-state index contributed by atoms with van der Waals surface area (Å²) in [6, 6.07) is 0. The van der Waals surface area contributed by atoms with Crippen LogP contribution in [0.15, 0.2) is 0 Å². The van der Waals surface area contributed by atoms with Crippen LogP contribution < -0.4 is 18.9 Å². The molecule has 6 heteroatoms. The summed E-state index contributed by atoms with van der Waals surface area (Å²) in [7, 11) is -2.86. The van der Waals surface area contributed by atoms with Gasteiger partial charge in [0.05, 0.1) is 6.67 Å². The van der Waals surface area contributed by atoms with Crippen LogP contribution >= 0.6 is 0 Å². The standard InChI is InChI=1S/C2H5F.Li.NO2S/c1-2-3;;1-4(2)3/h2H2,1H3;;/q;+1;-1. The van der Waals surface area contributed by atoms with Crippen LogP contribution in [0.3, 0.4) is 0 Å². The molecule has 0 heterocycles. The summed E-state index contributed by atoms with van der Waals surface area (Å²) in [6.45, 7) is 1.21. The van der Waals surface area contributed by atoms with E-state index in [1.54, 1.807) is 0 Å². The Bertz CT molecular complexity index is 100. The van der Waals surface area contributed by atoms with Crippen molar-refractivity contribution in [3.63, 3.8) is 0 Å². The fourth-order valence-corrected chi connectivity index (χ4v) is 0. The van der Waals surface area contributed by atoms with Crippen molar-refractivity contribution in [3.8, 4) is 0 Å². The Balaban J connectivity index is -0.0000000575. The molecule has 0 aliphatic carbocycles. The van der Waals surface area contributed by atoms with E-state index in [-0.39, 0.29) is 25.5 Å². The van der Waals surface area contributed by atoms with E-state index < -0.39 is 10.5 Å². The topological polar surface area (TPSA) is 56.4 Å². The molecule has 0 spiro atoms. The quantitative estimate of drug-likeness (QED) is 0.346. The van der Waals surface area contributed by atoms with Crippen LogP contribution in [-0.4, -0.2) is 15.1 Å². The molecule has 0 aromatic carbocycles. The molecule has 0 amide bonds. The number of hydrogen-bond acceptors (Lipinski definition) is 2. The molecule has 0 N–H and O–H groups in total. The van der Waals surface area contributed by atoms with Crippen molar-refractivity contribution in [2.45, 2.75) is 6.92 Å². The van der Waals surface area contributed by atoms with Crippen molar-refractivity contribution >= 4 is 10.5 Å². The Morgan fingerprint density at radius 2 is 1.62 bits per heavy atom. The van der Waals surface area contributed by atoms with Crippen LogP contribution in [-0.2, 0) is 10.5 Å². The van der Waals surface area contributed by atoms with E-state index in [2.05, 4.69) is 0 Å². The Labute approximate surface area is 61.0 Å². The van der Waals surface area contributed by atoms with Crippen molar-refractivity contribution in [1.29, 1.82) is 0 Å². The third kappa shape index (κ3) is 7500. The second-order valence-corrected chi connectivity index (χ2v) is 0.919. The minimum absolute atomic E-state index is 0. The molecule has 0 rings (SSSR count). The summed E-state index contributed by atoms with van der Waals surface area (Å²) in [5, 5.41) is 0. The third-order valence-electron chi connectivity index (χ3n) is 0. The van der Waals surface area contributed by atoms with Gasteiger partial charge in [-0.05, 0) is 6.92 Å². The normalized spacial score (nSPS) is 5.25. The van der Waals surface area contributed by atoms with E-state index >= 15 is 0 Å². The van der Waals surface area contributed by atoms with Gasteiger partial charge in [0.1, 0.15) is 10.5 Å². The van der Waals surface area contributed by atoms with Gasteiger partial charge in [-0.3, -0.25) is 4.39 Å². The predicted molar refractivity (Wildman–Crippen MR) is 23.9 cm³/mol. The van der Waals surface area contributed by atoms with Crippen LogP contribution in [0, 0.1) is 0 Å². The predicted octanol–water partition coefficient (Wildman–Crippen LogP) is -2.40. The minimum Gasteiger partial charge on any atom is -0.686 e. The number of nitrogens with zero attached hydrogens (tertiary/aromatic N) is 1. The largest absolute Gasteiger partial charge is 1.00 e. The molecule has 0 aliphatic rings. The molecule has 0 saturated carbocycles. The van der Waals surface area contributed by atoms with Gasteiger partial charge in [0.15, 0.2) is 0 Å². The summed E-state index contributed by atoms with van der Waals surface area (Å²) in [6.07, 6.45) is 0. The van der Waals surface area contributed by atoms with E-state index in [0.29, 0.717) is 0 Å². The average molecular weight is 133 g/mol. The molecule has 44 valence electrons. The summed E-state index contributed by atoms with van der Waals surface area (Å²) >= 11 is 0. The van der Waals surface area contributed by atoms with Crippen molar-refractivity contribution < 1.29 is 31.7 Å². The maximum atomic E-state index is 10.3. The summed E-state index contributed by atoms with van der Waals surface area (Å²) in [4.78, 5) is 0. The van der Waals surface area contributed by atoms with Crippen LogP contribution in [0.1, 0.15) is 6.92 Å². The van der Waals surface area contributed by atoms with Crippen molar-refractivity contribution in [2.24, 2.45) is 0 Å². The molecule has 8 heavy (non-hydrogen) atoms. The minimum atomic E-state index is -2.86. The molecule has 0 radical (unpaired) electrons. The summed E-state index contributed by atoms with van der Waals surface area (Å²) < 4.78 is 34.4. The van der Waals surface area contributed by atoms with Gasteiger partial charge >= 0.3 is 18.9 Å². The first kappa shape index (κ1) is 15.7. The molecule has 0 aromatic heterocycles. The first-order chi connectivity index (χ1) is 3.15. The van der Waals surface area contributed by atoms with Crippen molar-refractivity contribution in [1.82, 2.24) is 0 Å². The van der Waals surface area contributed by atoms with E-state index in [4.69, 9.17) is 13.2 Å². The third-order valence-corrected chi connectivity index (χ3v) is 0. The van der Waals surface area contributed by atoms with Crippen molar-refractivity contribution in [3.05, 3.63) is 4.78 Å². The fourth-order valence-electron chi connectivity index (χ4n) is 0. The zero-order valence-corrected chi connectivity index (χ0v) is 5.57. The smallest absolute Gasteiger partial charge is 0.686 e. The second-order valence-electron chi connectivity index (χ2n) is 0.484. The Morgan fingerprint density at radius 1 is 1.62 bits per heavy atom. The van der Waals surface area contributed by atoms with Gasteiger partial charge in [0.25, 0.3) is 0 Å². The van der Waals surface area contributed by atoms with Crippen LogP contribution in [0.2, 0.25) is 0 Å². The maximum absolute atomic E-state index is 10.3. The Kier molecular flexibility index (Phi) is 30.8. The van der Waals surface area contributed by atoms with Gasteiger partial charge < -0.3 is 4.78 Å². The van der Waals surface area contributed by atoms with Gasteiger partial charge in [-0.1, -0.05) is 0 Å². The van der Waals surface area contributed by atoms with Crippen LogP contribution in [0.5, 0.6) is 0 Å². The van der Waals surface area contributed by atoms with E-state index in [1.165, 1.54) is 6.92 Å². The molecule has 0 aliphatic heterocycles. The van der Waals surface area contributed by atoms with Gasteiger partial charge in [-0.15, -0.1) is 0 Å². The maximum Gasteiger partial charge on any atom is 1.00 e. The van der Waals surface area contributed by atoms with E-state index in [9.17, 15) is 4.39 Å². The molecule has 3 nitrogen and oxygen atoms in total. The SMILES string of the molecule is CCF.[Li+].[N-]=S(=O)=O. The Hall–Kier alpha value is 0.147. The molecular weight excluding hydrogens is 128 g/mol. The molecule has 0 saturated heterocycles. The molecular formula is C2H5FLiNO2S. The number of alkyl halides is 1. The summed E-state index contributed by atoms with van der Waals surface area (Å²) in [5.41, 5.74) is 0. The zero-order valence-electron chi connectivity index (χ0n) is 4.76. The van der Waals surface area contributed by atoms with Gasteiger partial charge in [-0.2, -0.15) is 0 Å². The molecule has 0 atom stereocenters. The average Bonchev–Trinajstić information content (AvgIpc) is 1.33. The van der Waals surface area contributed by atoms with Gasteiger partial charge in [0, 0.05) is 0 Å². The number of rotatable bonds is 0. The molecule has 0 bridgehead atoms. The van der Waals surface area contributed by atoms with E-state index in [1.807, 2.05) is 0 Å². The summed E-state index contributed by atoms with van der Waals surface area (Å²) in [5.74, 6) is 0. The van der Waals surface area contributed by atoms with E-state index in [0.717, 1.165) is 0 Å². The first-order valence-electron chi connectivity index (χ1n) is 1.49. The first-order valence-corrected chi connectivity index (χ1v) is 2.52. The number of hydrogen-bond donors (Lipinski definition) is 0. The fraction of sp³-hybridized carbons (Fsp3) is 1.00. The van der Waals surface area contributed by atoms with Crippen LogP contribution in [0.25, 0.3) is 4.78 Å². The zero-order chi connectivity index (χ0) is 6.28. The monoisotopic (exact) mass is 133 g/mol. The second kappa shape index (κ2) is 15.7. The van der Waals surface area contributed by atoms with Gasteiger partial charge in [-0.25, -0.2) is 8.42 Å². The molecule has 0 aromatic rings. The Morgan fingerprint density at radius 3 is 1.62 bits per heavy atom. The number of halogens is 1. The van der Waals surface area contributed by atoms with Gasteiger partial charge in [0.2, 0.25) is 0 Å². The molecule has 0 unspecified atom stereocenters. The van der Waals surface area contributed by atoms with Crippen molar-refractivity contribution in [2.75, 3.05) is 6.67 Å². The van der Waals surface area contributed by atoms with Crippen LogP contribution in [0.4, 0.5) is 4.39 Å². The molecule has 0 fully saturated rings.